The maximum absolute atomic E-state index is 13.2. The zero-order chi connectivity index (χ0) is 20.4. The minimum absolute atomic E-state index is 0.0199. The second-order valence-corrected chi connectivity index (χ2v) is 8.73. The average Bonchev–Trinajstić information content (AvgIpc) is 3.49. The van der Waals surface area contributed by atoms with Gasteiger partial charge in [0.2, 0.25) is 10.0 Å². The van der Waals surface area contributed by atoms with E-state index in [1.165, 1.54) is 4.31 Å². The molecular weight excluding hydrogens is 392 g/mol. The number of rotatable bonds is 8. The summed E-state index contributed by atoms with van der Waals surface area (Å²) in [5.41, 5.74) is 1.32. The predicted molar refractivity (Wildman–Crippen MR) is 107 cm³/mol. The van der Waals surface area contributed by atoms with Crippen molar-refractivity contribution in [3.63, 3.8) is 0 Å². The molecule has 1 saturated carbocycles. The number of methoxy groups -OCH3 is 2. The monoisotopic (exact) mass is 414 g/mol. The first kappa shape index (κ1) is 19.5. The Morgan fingerprint density at radius 1 is 1.07 bits per heavy atom. The highest BCUT2D eigenvalue weighted by Crippen LogP contribution is 2.35. The van der Waals surface area contributed by atoms with Crippen molar-refractivity contribution in [3.05, 3.63) is 60.3 Å². The van der Waals surface area contributed by atoms with Crippen LogP contribution in [0, 0.1) is 0 Å². The molecule has 0 N–H and O–H groups in total. The van der Waals surface area contributed by atoms with Gasteiger partial charge >= 0.3 is 0 Å². The predicted octanol–water partition coefficient (Wildman–Crippen LogP) is 3.71. The Bertz CT molecular complexity index is 1090. The van der Waals surface area contributed by atoms with E-state index in [9.17, 15) is 8.42 Å². The molecule has 1 aliphatic carbocycles. The minimum atomic E-state index is -3.66. The molecule has 3 aromatic rings. The van der Waals surface area contributed by atoms with E-state index >= 15 is 0 Å². The van der Waals surface area contributed by atoms with E-state index in [1.807, 2.05) is 24.3 Å². The summed E-state index contributed by atoms with van der Waals surface area (Å²) >= 11 is 0. The molecule has 1 fully saturated rings. The van der Waals surface area contributed by atoms with Gasteiger partial charge < -0.3 is 14.0 Å². The Labute approximate surface area is 169 Å². The van der Waals surface area contributed by atoms with E-state index < -0.39 is 10.0 Å². The third-order valence-corrected chi connectivity index (χ3v) is 6.78. The van der Waals surface area contributed by atoms with Crippen molar-refractivity contribution < 1.29 is 22.4 Å². The van der Waals surface area contributed by atoms with Crippen molar-refractivity contribution in [2.24, 2.45) is 0 Å². The summed E-state index contributed by atoms with van der Waals surface area (Å²) in [6.07, 6.45) is 1.68. The maximum atomic E-state index is 13.2. The van der Waals surface area contributed by atoms with Crippen LogP contribution in [0.25, 0.3) is 11.3 Å². The molecule has 0 saturated heterocycles. The van der Waals surface area contributed by atoms with Gasteiger partial charge in [0.15, 0.2) is 5.76 Å². The highest BCUT2D eigenvalue weighted by atomic mass is 32.2. The molecule has 8 heteroatoms. The van der Waals surface area contributed by atoms with Gasteiger partial charge in [0.1, 0.15) is 11.5 Å². The maximum Gasteiger partial charge on any atom is 0.243 e. The second-order valence-electron chi connectivity index (χ2n) is 6.84. The van der Waals surface area contributed by atoms with Gasteiger partial charge in [-0.1, -0.05) is 17.3 Å². The van der Waals surface area contributed by atoms with Gasteiger partial charge in [0.25, 0.3) is 0 Å². The first-order valence-electron chi connectivity index (χ1n) is 9.28. The summed E-state index contributed by atoms with van der Waals surface area (Å²) in [6.45, 7) is 0.150. The van der Waals surface area contributed by atoms with Crippen LogP contribution in [0.15, 0.2) is 64.0 Å². The highest BCUT2D eigenvalue weighted by molar-refractivity contribution is 7.89. The molecule has 0 radical (unpaired) electrons. The normalized spacial score (nSPS) is 14.2. The lowest BCUT2D eigenvalue weighted by Crippen LogP contribution is -2.32. The number of hydrogen-bond acceptors (Lipinski definition) is 6. The van der Waals surface area contributed by atoms with E-state index in [1.54, 1.807) is 44.6 Å². The lowest BCUT2D eigenvalue weighted by Gasteiger charge is -2.20. The summed E-state index contributed by atoms with van der Waals surface area (Å²) in [4.78, 5) is 0.235. The number of ether oxygens (including phenoxy) is 2. The standard InChI is InChI=1S/C21H22N2O5S/c1-26-17-9-11-18(12-10-17)29(24,25)23(16-7-8-16)14-15-13-21(28-22-15)19-5-3-4-6-20(19)27-2/h3-6,9-13,16H,7-8,14H2,1-2H3. The quantitative estimate of drug-likeness (QED) is 0.559. The molecular formula is C21H22N2O5S. The zero-order valence-electron chi connectivity index (χ0n) is 16.2. The van der Waals surface area contributed by atoms with E-state index in [0.29, 0.717) is 23.0 Å². The van der Waals surface area contributed by atoms with E-state index in [4.69, 9.17) is 14.0 Å². The van der Waals surface area contributed by atoms with Gasteiger partial charge in [-0.2, -0.15) is 4.31 Å². The van der Waals surface area contributed by atoms with Gasteiger partial charge in [-0.05, 0) is 49.2 Å². The highest BCUT2D eigenvalue weighted by Gasteiger charge is 2.38. The number of para-hydroxylation sites is 1. The number of nitrogens with zero attached hydrogens (tertiary/aromatic N) is 2. The fourth-order valence-electron chi connectivity index (χ4n) is 3.18. The van der Waals surface area contributed by atoms with Crippen LogP contribution in [-0.2, 0) is 16.6 Å². The van der Waals surface area contributed by atoms with Crippen molar-refractivity contribution in [2.45, 2.75) is 30.3 Å². The SMILES string of the molecule is COc1ccc(S(=O)(=O)N(Cc2cc(-c3ccccc3OC)on2)C2CC2)cc1. The first-order chi connectivity index (χ1) is 14.0. The second kappa shape index (κ2) is 7.88. The van der Waals surface area contributed by atoms with Crippen LogP contribution in [0.2, 0.25) is 0 Å². The topological polar surface area (TPSA) is 81.9 Å². The van der Waals surface area contributed by atoms with Gasteiger partial charge in [0, 0.05) is 12.1 Å². The molecule has 0 atom stereocenters. The minimum Gasteiger partial charge on any atom is -0.497 e. The molecule has 1 aromatic heterocycles. The summed E-state index contributed by atoms with van der Waals surface area (Å²) in [5, 5.41) is 4.10. The van der Waals surface area contributed by atoms with Gasteiger partial charge in [-0.15, -0.1) is 0 Å². The van der Waals surface area contributed by atoms with E-state index in [2.05, 4.69) is 5.16 Å². The van der Waals surface area contributed by atoms with Gasteiger partial charge in [-0.25, -0.2) is 8.42 Å². The zero-order valence-corrected chi connectivity index (χ0v) is 17.1. The first-order valence-corrected chi connectivity index (χ1v) is 10.7. The molecule has 0 amide bonds. The Hall–Kier alpha value is -2.84. The van der Waals surface area contributed by atoms with Crippen LogP contribution in [0.5, 0.6) is 11.5 Å². The van der Waals surface area contributed by atoms with Gasteiger partial charge in [-0.3, -0.25) is 0 Å². The van der Waals surface area contributed by atoms with Crippen molar-refractivity contribution in [1.29, 1.82) is 0 Å². The van der Waals surface area contributed by atoms with E-state index in [-0.39, 0.29) is 17.5 Å². The number of sulfonamides is 1. The largest absolute Gasteiger partial charge is 0.497 e. The van der Waals surface area contributed by atoms with Crippen LogP contribution in [0.4, 0.5) is 0 Å². The third kappa shape index (κ3) is 3.99. The van der Waals surface area contributed by atoms with Crippen molar-refractivity contribution >= 4 is 10.0 Å². The van der Waals surface area contributed by atoms with Gasteiger partial charge in [0.05, 0.1) is 36.9 Å². The van der Waals surface area contributed by atoms with Crippen molar-refractivity contribution in [1.82, 2.24) is 9.46 Å². The summed E-state index contributed by atoms with van der Waals surface area (Å²) < 4.78 is 43.9. The molecule has 4 rings (SSSR count). The fourth-order valence-corrected chi connectivity index (χ4v) is 4.83. The summed E-state index contributed by atoms with van der Waals surface area (Å²) in [5.74, 6) is 1.81. The van der Waals surface area contributed by atoms with Crippen LogP contribution in [0.1, 0.15) is 18.5 Å². The Morgan fingerprint density at radius 3 is 2.45 bits per heavy atom. The number of benzene rings is 2. The molecule has 0 spiro atoms. The molecule has 0 unspecified atom stereocenters. The van der Waals surface area contributed by atoms with Crippen molar-refractivity contribution in [3.8, 4) is 22.8 Å². The number of hydrogen-bond donors (Lipinski definition) is 0. The Morgan fingerprint density at radius 2 is 1.79 bits per heavy atom. The number of aromatic nitrogens is 1. The Kier molecular flexibility index (Phi) is 5.29. The average molecular weight is 414 g/mol. The smallest absolute Gasteiger partial charge is 0.243 e. The molecule has 7 nitrogen and oxygen atoms in total. The molecule has 1 heterocycles. The Balaban J connectivity index is 1.60. The molecule has 1 aliphatic rings. The van der Waals surface area contributed by atoms with Crippen LogP contribution in [0.3, 0.4) is 0 Å². The third-order valence-electron chi connectivity index (χ3n) is 4.87. The molecule has 0 aliphatic heterocycles. The van der Waals surface area contributed by atoms with Crippen molar-refractivity contribution in [2.75, 3.05) is 14.2 Å². The van der Waals surface area contributed by atoms with Crippen LogP contribution in [-0.4, -0.2) is 38.1 Å². The fraction of sp³-hybridized carbons (Fsp3) is 0.286. The van der Waals surface area contributed by atoms with Crippen LogP contribution >= 0.6 is 0 Å². The molecule has 29 heavy (non-hydrogen) atoms. The van der Waals surface area contributed by atoms with E-state index in [0.717, 1.165) is 18.4 Å². The van der Waals surface area contributed by atoms with Crippen LogP contribution < -0.4 is 9.47 Å². The molecule has 2 aromatic carbocycles. The molecule has 0 bridgehead atoms. The lowest BCUT2D eigenvalue weighted by molar-refractivity contribution is 0.369. The summed E-state index contributed by atoms with van der Waals surface area (Å²) in [7, 11) is -0.523. The lowest BCUT2D eigenvalue weighted by atomic mass is 10.1. The summed E-state index contributed by atoms with van der Waals surface area (Å²) in [6, 6.07) is 15.6. The molecule has 152 valence electrons.